The first-order chi connectivity index (χ1) is 47.1. The van der Waals surface area contributed by atoms with Crippen LogP contribution in [0.5, 0.6) is 0 Å². The second-order valence-corrected chi connectivity index (χ2v) is 33.7. The molecule has 0 radical (unpaired) electrons. The van der Waals surface area contributed by atoms with Crippen LogP contribution in [0.25, 0.3) is 0 Å². The minimum atomic E-state index is -0.517. The Hall–Kier alpha value is -5.88. The summed E-state index contributed by atoms with van der Waals surface area (Å²) >= 11 is 0. The third-order valence-electron chi connectivity index (χ3n) is 26.7. The Kier molecular flexibility index (Phi) is 26.5. The Labute approximate surface area is 591 Å². The van der Waals surface area contributed by atoms with E-state index in [-0.39, 0.29) is 74.1 Å². The number of nitrogens with zero attached hydrogens (tertiary/aromatic N) is 2. The number of nitrogens with one attached hydrogen (secondary N) is 2. The highest BCUT2D eigenvalue weighted by Gasteiger charge is 2.61. The van der Waals surface area contributed by atoms with Crippen molar-refractivity contribution in [3.63, 3.8) is 0 Å². The molecule has 0 aromatic heterocycles. The number of hydrogen-bond acceptors (Lipinski definition) is 10. The number of ether oxygens (including phenoxy) is 4. The molecule has 12 heteroatoms. The van der Waals surface area contributed by atoms with Crippen molar-refractivity contribution in [1.82, 2.24) is 10.6 Å². The molecule has 16 atom stereocenters. The summed E-state index contributed by atoms with van der Waals surface area (Å²) in [5.74, 6) is 22.0. The van der Waals surface area contributed by atoms with Crippen LogP contribution in [-0.2, 0) is 28.5 Å². The highest BCUT2D eigenvalue weighted by molar-refractivity contribution is 5.72. The summed E-state index contributed by atoms with van der Waals surface area (Å²) in [5.41, 5.74) is 7.64. The monoisotopic (exact) mass is 1340 g/mol. The van der Waals surface area contributed by atoms with Gasteiger partial charge in [0.15, 0.2) is 0 Å². The zero-order valence-corrected chi connectivity index (χ0v) is 62.1. The molecule has 0 spiro atoms. The van der Waals surface area contributed by atoms with E-state index in [2.05, 4.69) is 126 Å². The zero-order chi connectivity index (χ0) is 69.5. The number of hydrogen-bond donors (Lipinski definition) is 2. The molecule has 0 saturated heterocycles. The average molecular weight is 1340 g/mol. The first-order valence-electron chi connectivity index (χ1n) is 39.3. The Morgan fingerprint density at radius 2 is 0.898 bits per heavy atom. The molecular formula is C86H124N4O8. The number of carbonyl (C=O) groups excluding carboxylic acids is 4. The number of alkyl carbamates (subject to hydrolysis) is 2. The van der Waals surface area contributed by atoms with Gasteiger partial charge in [0.1, 0.15) is 12.2 Å². The molecule has 8 aliphatic carbocycles. The number of carbonyl (C=O) groups is 4. The van der Waals surface area contributed by atoms with Gasteiger partial charge in [-0.2, -0.15) is 10.2 Å². The average Bonchev–Trinajstić information content (AvgIpc) is 1.39. The molecule has 2 aromatic rings. The van der Waals surface area contributed by atoms with Crippen LogP contribution in [0.15, 0.2) is 82.1 Å². The lowest BCUT2D eigenvalue weighted by Gasteiger charge is -2.58. The Balaban J connectivity index is 0.525. The molecule has 8 aliphatic rings. The van der Waals surface area contributed by atoms with Gasteiger partial charge in [-0.3, -0.25) is 9.59 Å². The number of rotatable bonds is 28. The van der Waals surface area contributed by atoms with E-state index < -0.39 is 12.2 Å². The molecular weight excluding hydrogens is 1220 g/mol. The van der Waals surface area contributed by atoms with Crippen molar-refractivity contribution in [1.29, 1.82) is 0 Å². The number of esters is 2. The van der Waals surface area contributed by atoms with E-state index in [0.29, 0.717) is 36.5 Å². The molecule has 12 nitrogen and oxygen atoms in total. The van der Waals surface area contributed by atoms with Crippen molar-refractivity contribution >= 4 is 35.5 Å². The lowest BCUT2D eigenvalue weighted by Crippen LogP contribution is -2.51. The highest BCUT2D eigenvalue weighted by Crippen LogP contribution is 2.69. The smallest absolute Gasteiger partial charge is 0.407 e. The van der Waals surface area contributed by atoms with Crippen molar-refractivity contribution in [3.8, 4) is 23.7 Å². The maximum absolute atomic E-state index is 13.0. The summed E-state index contributed by atoms with van der Waals surface area (Å²) in [6.45, 7) is 25.9. The Morgan fingerprint density at radius 3 is 1.30 bits per heavy atom. The van der Waals surface area contributed by atoms with Crippen LogP contribution in [0, 0.1) is 116 Å². The summed E-state index contributed by atoms with van der Waals surface area (Å²) < 4.78 is 22.8. The van der Waals surface area contributed by atoms with Crippen molar-refractivity contribution in [3.05, 3.63) is 83.0 Å². The van der Waals surface area contributed by atoms with Crippen molar-refractivity contribution in [2.75, 3.05) is 26.3 Å². The fraction of sp³-hybridized carbons (Fsp3) is 0.721. The molecule has 98 heavy (non-hydrogen) atoms. The van der Waals surface area contributed by atoms with E-state index in [9.17, 15) is 19.2 Å². The fourth-order valence-corrected chi connectivity index (χ4v) is 21.3. The van der Waals surface area contributed by atoms with E-state index in [1.165, 1.54) is 114 Å². The van der Waals surface area contributed by atoms with Gasteiger partial charge in [-0.1, -0.05) is 155 Å². The second kappa shape index (κ2) is 34.7. The van der Waals surface area contributed by atoms with Crippen molar-refractivity contribution in [2.24, 2.45) is 103 Å². The van der Waals surface area contributed by atoms with Crippen LogP contribution in [0.3, 0.4) is 0 Å². The lowest BCUT2D eigenvalue weighted by molar-refractivity contribution is -0.152. The summed E-state index contributed by atoms with van der Waals surface area (Å²) in [4.78, 5) is 50.8. The van der Waals surface area contributed by atoms with Crippen LogP contribution in [0.1, 0.15) is 273 Å². The minimum absolute atomic E-state index is 0.0908. The van der Waals surface area contributed by atoms with E-state index in [1.54, 1.807) is 0 Å². The number of allylic oxidation sites excluding steroid dienone is 2. The molecule has 0 unspecified atom stereocenters. The van der Waals surface area contributed by atoms with Gasteiger partial charge in [-0.05, 0) is 257 Å². The second-order valence-electron chi connectivity index (χ2n) is 33.7. The Bertz CT molecular complexity index is 3010. The molecule has 6 saturated carbocycles. The maximum Gasteiger partial charge on any atom is 0.407 e. The van der Waals surface area contributed by atoms with Gasteiger partial charge in [0, 0.05) is 49.9 Å². The normalized spacial score (nSPS) is 31.2. The van der Waals surface area contributed by atoms with E-state index in [1.807, 2.05) is 48.5 Å². The molecule has 2 N–H and O–H groups in total. The first-order valence-corrected chi connectivity index (χ1v) is 39.3. The number of azo groups is 1. The van der Waals surface area contributed by atoms with Gasteiger partial charge < -0.3 is 29.6 Å². The van der Waals surface area contributed by atoms with Gasteiger partial charge in [-0.15, -0.1) is 0 Å². The summed E-state index contributed by atoms with van der Waals surface area (Å²) in [6.07, 6.45) is 35.7. The van der Waals surface area contributed by atoms with Crippen LogP contribution in [0.4, 0.5) is 21.0 Å². The molecule has 0 heterocycles. The van der Waals surface area contributed by atoms with Gasteiger partial charge in [-0.25, -0.2) is 9.59 Å². The van der Waals surface area contributed by atoms with Crippen LogP contribution >= 0.6 is 0 Å². The molecule has 0 aliphatic heterocycles. The third-order valence-corrected chi connectivity index (χ3v) is 26.7. The summed E-state index contributed by atoms with van der Waals surface area (Å²) in [7, 11) is 0. The SMILES string of the molecule is CC(C)CCC[C@@H](C)[C@H]1CC[C@H]2[C@@H]3CC=C4C[C@@H](OC(=O)CCNC(=O)OCCCCC#Cc5ccc(N=Nc6ccc(C#CCCCCOC(=O)NCCC(=O)O[C@H]7CC[C@@]8(C)C(=CC[C@H]9[C@@H]%10CC[C@H]([C@H](C)CCCC(C)C)[C@@]%10(C)CC[C@@H]98)C7)cc6)cc5)CC[C@]4(C)[C@H]3CC[C@]12C. The number of fused-ring (bicyclic) bond motifs is 10. The van der Waals surface area contributed by atoms with Gasteiger partial charge in [0.2, 0.25) is 0 Å². The van der Waals surface area contributed by atoms with Crippen LogP contribution < -0.4 is 10.6 Å². The predicted molar refractivity (Wildman–Crippen MR) is 392 cm³/mol. The number of amides is 2. The standard InChI is InChI=1S/C86H124N4O8/c1-59(2)21-19-23-61(5)73-39-41-75-71-37-31-65-57-69(43-49-83(65,7)77(71)45-51-85(73,75)9)97-79(91)47-53-87-81(93)95-55-17-13-11-15-25-63-27-33-67(34-28-63)89-90-68-35-29-64(30-36-68)26-16-12-14-18-56-96-82(94)88-54-48-80(92)98-70-44-50-84(8)66(58-70)32-38-72-76-42-40-74(62(6)24-20-22-60(3)4)86(76,10)52-46-78(72)84/h27-36,59-62,69-78H,11-14,17-24,37-58H2,1-10H3,(H,87,93)(H,88,94)/t61-,62-,69+,70+,71+,72+,73-,74-,75+,76+,77+,78+,83+,84+,85-,86-/m1/s1. The van der Waals surface area contributed by atoms with Crippen LogP contribution in [0.2, 0.25) is 0 Å². The summed E-state index contributed by atoms with van der Waals surface area (Å²) in [5, 5.41) is 14.2. The van der Waals surface area contributed by atoms with Gasteiger partial charge >= 0.3 is 24.1 Å². The molecule has 10 rings (SSSR count). The van der Waals surface area contributed by atoms with E-state index >= 15 is 0 Å². The number of benzene rings is 2. The molecule has 536 valence electrons. The van der Waals surface area contributed by atoms with E-state index in [0.717, 1.165) is 145 Å². The summed E-state index contributed by atoms with van der Waals surface area (Å²) in [6, 6.07) is 15.3. The Morgan fingerprint density at radius 1 is 0.490 bits per heavy atom. The zero-order valence-electron chi connectivity index (χ0n) is 62.1. The van der Waals surface area contributed by atoms with Crippen LogP contribution in [-0.4, -0.2) is 62.6 Å². The third kappa shape index (κ3) is 18.8. The topological polar surface area (TPSA) is 154 Å². The quantitative estimate of drug-likeness (QED) is 0.0213. The van der Waals surface area contributed by atoms with Crippen molar-refractivity contribution < 1.29 is 38.1 Å². The minimum Gasteiger partial charge on any atom is -0.462 e. The predicted octanol–water partition coefficient (Wildman–Crippen LogP) is 21.3. The lowest BCUT2D eigenvalue weighted by atomic mass is 9.47. The molecule has 2 aromatic carbocycles. The molecule has 0 bridgehead atoms. The number of unbranched alkanes of at least 4 members (excludes halogenated alkanes) is 4. The van der Waals surface area contributed by atoms with Gasteiger partial charge in [0.25, 0.3) is 0 Å². The largest absolute Gasteiger partial charge is 0.462 e. The highest BCUT2D eigenvalue weighted by atomic mass is 16.6. The van der Waals surface area contributed by atoms with Crippen molar-refractivity contribution in [2.45, 2.75) is 274 Å². The first kappa shape index (κ1) is 74.8. The molecule has 6 fully saturated rings. The molecule has 2 amide bonds. The fourth-order valence-electron chi connectivity index (χ4n) is 21.3. The van der Waals surface area contributed by atoms with Gasteiger partial charge in [0.05, 0.1) is 37.4 Å². The maximum atomic E-state index is 13.0. The van der Waals surface area contributed by atoms with E-state index in [4.69, 9.17) is 18.9 Å².